The number of carbonyl (C=O) groups is 3. The summed E-state index contributed by atoms with van der Waals surface area (Å²) in [4.78, 5) is 36.3. The number of hydrogen-bond donors (Lipinski definition) is 1. The number of carbonyl (C=O) groups excluding carboxylic acids is 2. The predicted octanol–water partition coefficient (Wildman–Crippen LogP) is 1.51. The summed E-state index contributed by atoms with van der Waals surface area (Å²) in [5, 5.41) is 9.30. The Kier molecular flexibility index (Phi) is 5.09. The number of Topliss-reactive ketones (excluding diaryl/α,β-unsaturated/α-hetero) is 1. The maximum Gasteiger partial charge on any atom is 0.307 e. The van der Waals surface area contributed by atoms with Crippen molar-refractivity contribution < 1.29 is 19.5 Å². The Hall–Kier alpha value is -2.17. The average Bonchev–Trinajstić information content (AvgIpc) is 2.48. The number of rotatable bonds is 5. The fourth-order valence-electron chi connectivity index (χ4n) is 2.49. The van der Waals surface area contributed by atoms with Crippen LogP contribution in [-0.2, 0) is 20.8 Å². The molecular formula is C16H19NO4. The number of benzene rings is 1. The van der Waals surface area contributed by atoms with Crippen LogP contribution in [0, 0.1) is 5.92 Å². The number of ketones is 1. The smallest absolute Gasteiger partial charge is 0.307 e. The van der Waals surface area contributed by atoms with Crippen molar-refractivity contribution in [2.24, 2.45) is 5.92 Å². The molecule has 0 aliphatic carbocycles. The Labute approximate surface area is 123 Å². The molecule has 0 unspecified atom stereocenters. The molecular weight excluding hydrogens is 270 g/mol. The predicted molar refractivity (Wildman–Crippen MR) is 76.7 cm³/mol. The van der Waals surface area contributed by atoms with Gasteiger partial charge in [0, 0.05) is 32.4 Å². The Morgan fingerprint density at radius 3 is 2.33 bits per heavy atom. The first-order valence-corrected chi connectivity index (χ1v) is 7.12. The molecule has 1 aliphatic rings. The van der Waals surface area contributed by atoms with E-state index in [-0.39, 0.29) is 18.1 Å². The van der Waals surface area contributed by atoms with Crippen molar-refractivity contribution in [3.8, 4) is 0 Å². The van der Waals surface area contributed by atoms with E-state index >= 15 is 0 Å². The largest absolute Gasteiger partial charge is 0.481 e. The molecule has 1 aromatic rings. The molecule has 1 atom stereocenters. The number of likely N-dealkylation sites (tertiary alicyclic amines) is 1. The van der Waals surface area contributed by atoms with Gasteiger partial charge < -0.3 is 10.0 Å². The highest BCUT2D eigenvalue weighted by molar-refractivity contribution is 5.85. The second kappa shape index (κ2) is 7.02. The lowest BCUT2D eigenvalue weighted by Gasteiger charge is -2.27. The molecule has 5 nitrogen and oxygen atoms in total. The Morgan fingerprint density at radius 1 is 1.14 bits per heavy atom. The van der Waals surface area contributed by atoms with Crippen LogP contribution in [0.2, 0.25) is 0 Å². The van der Waals surface area contributed by atoms with Crippen molar-refractivity contribution in [1.29, 1.82) is 0 Å². The minimum absolute atomic E-state index is 0.0155. The van der Waals surface area contributed by atoms with Crippen LogP contribution in [0.4, 0.5) is 0 Å². The van der Waals surface area contributed by atoms with Gasteiger partial charge in [-0.3, -0.25) is 14.4 Å². The molecule has 0 saturated carbocycles. The first-order chi connectivity index (χ1) is 10.1. The number of nitrogens with zero attached hydrogens (tertiary/aromatic N) is 1. The molecule has 0 aromatic heterocycles. The Balaban J connectivity index is 1.95. The van der Waals surface area contributed by atoms with E-state index < -0.39 is 11.9 Å². The van der Waals surface area contributed by atoms with E-state index in [1.54, 1.807) is 4.90 Å². The van der Waals surface area contributed by atoms with Gasteiger partial charge in [0.1, 0.15) is 5.78 Å². The molecule has 0 spiro atoms. The topological polar surface area (TPSA) is 74.7 Å². The van der Waals surface area contributed by atoms with Crippen molar-refractivity contribution >= 4 is 17.7 Å². The molecule has 0 radical (unpaired) electrons. The van der Waals surface area contributed by atoms with Crippen molar-refractivity contribution in [2.45, 2.75) is 25.7 Å². The van der Waals surface area contributed by atoms with Gasteiger partial charge in [-0.1, -0.05) is 30.3 Å². The van der Waals surface area contributed by atoms with Crippen molar-refractivity contribution in [2.75, 3.05) is 13.1 Å². The third kappa shape index (κ3) is 4.41. The monoisotopic (exact) mass is 289 g/mol. The highest BCUT2D eigenvalue weighted by Crippen LogP contribution is 2.16. The van der Waals surface area contributed by atoms with Crippen LogP contribution >= 0.6 is 0 Å². The maximum atomic E-state index is 12.2. The van der Waals surface area contributed by atoms with Gasteiger partial charge in [0.05, 0.1) is 5.92 Å². The van der Waals surface area contributed by atoms with Crippen molar-refractivity contribution in [3.05, 3.63) is 35.9 Å². The lowest BCUT2D eigenvalue weighted by molar-refractivity contribution is -0.146. The van der Waals surface area contributed by atoms with Crippen LogP contribution in [0.5, 0.6) is 0 Å². The molecule has 1 fully saturated rings. The summed E-state index contributed by atoms with van der Waals surface area (Å²) in [5.74, 6) is -1.69. The Bertz CT molecular complexity index is 516. The lowest BCUT2D eigenvalue weighted by Crippen LogP contribution is -2.40. The van der Waals surface area contributed by atoms with Gasteiger partial charge in [-0.05, 0) is 12.0 Å². The summed E-state index contributed by atoms with van der Waals surface area (Å²) in [6.07, 6.45) is 1.08. The summed E-state index contributed by atoms with van der Waals surface area (Å²) in [7, 11) is 0. The van der Waals surface area contributed by atoms with E-state index in [4.69, 9.17) is 0 Å². The van der Waals surface area contributed by atoms with Crippen LogP contribution in [0.3, 0.4) is 0 Å². The van der Waals surface area contributed by atoms with Crippen LogP contribution in [-0.4, -0.2) is 40.8 Å². The summed E-state index contributed by atoms with van der Waals surface area (Å²) < 4.78 is 0. The molecule has 1 saturated heterocycles. The third-order valence-electron chi connectivity index (χ3n) is 3.77. The molecule has 2 rings (SSSR count). The fraction of sp³-hybridized carbons (Fsp3) is 0.438. The third-order valence-corrected chi connectivity index (χ3v) is 3.77. The first-order valence-electron chi connectivity index (χ1n) is 7.12. The minimum atomic E-state index is -0.958. The van der Waals surface area contributed by atoms with Gasteiger partial charge >= 0.3 is 5.97 Å². The zero-order chi connectivity index (χ0) is 15.2. The fourth-order valence-corrected chi connectivity index (χ4v) is 2.49. The number of piperidine rings is 1. The van der Waals surface area contributed by atoms with Crippen LogP contribution < -0.4 is 0 Å². The van der Waals surface area contributed by atoms with Gasteiger partial charge in [0.25, 0.3) is 0 Å². The molecule has 1 N–H and O–H groups in total. The lowest BCUT2D eigenvalue weighted by atomic mass is 9.95. The Morgan fingerprint density at radius 2 is 1.76 bits per heavy atom. The molecule has 1 aromatic carbocycles. The molecule has 5 heteroatoms. The molecule has 21 heavy (non-hydrogen) atoms. The molecule has 1 heterocycles. The standard InChI is InChI=1S/C16H19NO4/c18-14-6-8-17(9-7-14)15(19)11-13(16(20)21)10-12-4-2-1-3-5-12/h1-5,13H,6-11H2,(H,20,21)/t13-/m0/s1. The van der Waals surface area contributed by atoms with Gasteiger partial charge in [-0.2, -0.15) is 0 Å². The highest BCUT2D eigenvalue weighted by Gasteiger charge is 2.26. The summed E-state index contributed by atoms with van der Waals surface area (Å²) in [5.41, 5.74) is 0.909. The SMILES string of the molecule is O=C1CCN(C(=O)C[C@H](Cc2ccccc2)C(=O)O)CC1. The van der Waals surface area contributed by atoms with Crippen molar-refractivity contribution in [1.82, 2.24) is 4.90 Å². The summed E-state index contributed by atoms with van der Waals surface area (Å²) in [6, 6.07) is 9.30. The van der Waals surface area contributed by atoms with E-state index in [1.807, 2.05) is 30.3 Å². The van der Waals surface area contributed by atoms with E-state index in [0.29, 0.717) is 32.4 Å². The van der Waals surface area contributed by atoms with Crippen molar-refractivity contribution in [3.63, 3.8) is 0 Å². The maximum absolute atomic E-state index is 12.2. The quantitative estimate of drug-likeness (QED) is 0.891. The van der Waals surface area contributed by atoms with Gasteiger partial charge in [-0.25, -0.2) is 0 Å². The number of hydrogen-bond acceptors (Lipinski definition) is 3. The van der Waals surface area contributed by atoms with Crippen LogP contribution in [0.25, 0.3) is 0 Å². The molecule has 112 valence electrons. The van der Waals surface area contributed by atoms with E-state index in [0.717, 1.165) is 5.56 Å². The molecule has 0 bridgehead atoms. The van der Waals surface area contributed by atoms with E-state index in [1.165, 1.54) is 0 Å². The number of carboxylic acids is 1. The first kappa shape index (κ1) is 15.2. The molecule has 1 amide bonds. The summed E-state index contributed by atoms with van der Waals surface area (Å²) >= 11 is 0. The van der Waals surface area contributed by atoms with Gasteiger partial charge in [-0.15, -0.1) is 0 Å². The van der Waals surface area contributed by atoms with Gasteiger partial charge in [0.15, 0.2) is 0 Å². The number of amides is 1. The van der Waals surface area contributed by atoms with E-state index in [9.17, 15) is 19.5 Å². The van der Waals surface area contributed by atoms with Crippen LogP contribution in [0.1, 0.15) is 24.8 Å². The number of carboxylic acid groups (broad SMARTS) is 1. The van der Waals surface area contributed by atoms with Gasteiger partial charge in [0.2, 0.25) is 5.91 Å². The zero-order valence-corrected chi connectivity index (χ0v) is 11.8. The van der Waals surface area contributed by atoms with E-state index in [2.05, 4.69) is 0 Å². The highest BCUT2D eigenvalue weighted by atomic mass is 16.4. The normalized spacial score (nSPS) is 16.6. The summed E-state index contributed by atoms with van der Waals surface area (Å²) in [6.45, 7) is 0.824. The molecule has 1 aliphatic heterocycles. The second-order valence-electron chi connectivity index (χ2n) is 5.35. The van der Waals surface area contributed by atoms with Crippen LogP contribution in [0.15, 0.2) is 30.3 Å². The second-order valence-corrected chi connectivity index (χ2v) is 5.35. The number of aliphatic carboxylic acids is 1. The average molecular weight is 289 g/mol. The minimum Gasteiger partial charge on any atom is -0.481 e. The zero-order valence-electron chi connectivity index (χ0n) is 11.8.